The maximum Gasteiger partial charge on any atom is 0.214 e. The van der Waals surface area contributed by atoms with E-state index in [1.165, 1.54) is 5.69 Å². The molecule has 0 aliphatic carbocycles. The van der Waals surface area contributed by atoms with E-state index in [1.807, 2.05) is 25.2 Å². The predicted octanol–water partition coefficient (Wildman–Crippen LogP) is 1.98. The average molecular weight is 249 g/mol. The number of hydrogen-bond donors (Lipinski definition) is 1. The van der Waals surface area contributed by atoms with E-state index in [0.29, 0.717) is 11.6 Å². The third kappa shape index (κ3) is 1.52. The molecule has 4 nitrogen and oxygen atoms in total. The van der Waals surface area contributed by atoms with Gasteiger partial charge in [0.15, 0.2) is 0 Å². The zero-order chi connectivity index (χ0) is 12.0. The van der Waals surface area contributed by atoms with Gasteiger partial charge in [-0.15, -0.1) is 0 Å². The predicted molar refractivity (Wildman–Crippen MR) is 69.4 cm³/mol. The molecule has 3 aromatic rings. The van der Waals surface area contributed by atoms with Gasteiger partial charge in [0.2, 0.25) is 5.78 Å². The van der Waals surface area contributed by atoms with Gasteiger partial charge in [-0.05, 0) is 24.7 Å². The van der Waals surface area contributed by atoms with Gasteiger partial charge in [0.1, 0.15) is 0 Å². The van der Waals surface area contributed by atoms with E-state index in [4.69, 9.17) is 17.3 Å². The first-order chi connectivity index (χ1) is 8.20. The Balaban J connectivity index is 2.33. The summed E-state index contributed by atoms with van der Waals surface area (Å²) in [5.41, 5.74) is 8.77. The summed E-state index contributed by atoms with van der Waals surface area (Å²) in [6.45, 7) is 0.644. The summed E-state index contributed by atoms with van der Waals surface area (Å²) < 4.78 is 4.15. The van der Waals surface area contributed by atoms with Crippen LogP contribution in [0.1, 0.15) is 5.69 Å². The minimum absolute atomic E-state index is 0.644. The first-order valence-electron chi connectivity index (χ1n) is 5.52. The van der Waals surface area contributed by atoms with Crippen molar-refractivity contribution in [3.05, 3.63) is 35.1 Å². The minimum Gasteiger partial charge on any atom is -0.330 e. The van der Waals surface area contributed by atoms with Gasteiger partial charge in [0, 0.05) is 30.4 Å². The Hall–Kier alpha value is -1.52. The van der Waals surface area contributed by atoms with Crippen molar-refractivity contribution in [2.24, 2.45) is 12.8 Å². The van der Waals surface area contributed by atoms with E-state index in [2.05, 4.69) is 20.1 Å². The molecule has 3 rings (SSSR count). The lowest BCUT2D eigenvalue weighted by Crippen LogP contribution is -2.06. The molecule has 17 heavy (non-hydrogen) atoms. The van der Waals surface area contributed by atoms with Gasteiger partial charge < -0.3 is 10.3 Å². The van der Waals surface area contributed by atoms with Crippen LogP contribution in [0.2, 0.25) is 5.02 Å². The fourth-order valence-electron chi connectivity index (χ4n) is 2.17. The number of halogens is 1. The number of aryl methyl sites for hydroxylation is 1. The Labute approximate surface area is 104 Å². The highest BCUT2D eigenvalue weighted by Gasteiger charge is 2.11. The van der Waals surface area contributed by atoms with Gasteiger partial charge >= 0.3 is 0 Å². The van der Waals surface area contributed by atoms with Gasteiger partial charge in [-0.1, -0.05) is 11.6 Å². The van der Waals surface area contributed by atoms with Gasteiger partial charge in [-0.25, -0.2) is 4.98 Å². The van der Waals surface area contributed by atoms with Crippen LogP contribution in [0.15, 0.2) is 24.4 Å². The molecule has 2 aromatic heterocycles. The molecule has 0 fully saturated rings. The largest absolute Gasteiger partial charge is 0.330 e. The van der Waals surface area contributed by atoms with Crippen molar-refractivity contribution in [1.29, 1.82) is 0 Å². The Bertz CT molecular complexity index is 695. The summed E-state index contributed by atoms with van der Waals surface area (Å²) in [4.78, 5) is 4.58. The fourth-order valence-corrected chi connectivity index (χ4v) is 2.33. The lowest BCUT2D eigenvalue weighted by atomic mass is 10.3. The maximum absolute atomic E-state index is 5.96. The highest BCUT2D eigenvalue weighted by atomic mass is 35.5. The normalized spacial score (nSPS) is 11.7. The molecule has 88 valence electrons. The lowest BCUT2D eigenvalue weighted by Gasteiger charge is -1.98. The van der Waals surface area contributed by atoms with Crippen molar-refractivity contribution in [2.45, 2.75) is 6.42 Å². The van der Waals surface area contributed by atoms with Crippen molar-refractivity contribution in [1.82, 2.24) is 14.0 Å². The van der Waals surface area contributed by atoms with E-state index in [9.17, 15) is 0 Å². The number of imidazole rings is 2. The molecule has 0 aliphatic heterocycles. The summed E-state index contributed by atoms with van der Waals surface area (Å²) >= 11 is 5.96. The second-order valence-electron chi connectivity index (χ2n) is 4.13. The molecule has 0 atom stereocenters. The van der Waals surface area contributed by atoms with Crippen LogP contribution in [0.3, 0.4) is 0 Å². The van der Waals surface area contributed by atoms with E-state index in [-0.39, 0.29) is 0 Å². The van der Waals surface area contributed by atoms with Gasteiger partial charge in [0.05, 0.1) is 11.0 Å². The van der Waals surface area contributed by atoms with Crippen molar-refractivity contribution < 1.29 is 0 Å². The fraction of sp³-hybridized carbons (Fsp3) is 0.250. The zero-order valence-electron chi connectivity index (χ0n) is 9.52. The number of aromatic nitrogens is 3. The molecule has 0 aliphatic rings. The molecular weight excluding hydrogens is 236 g/mol. The number of benzene rings is 1. The van der Waals surface area contributed by atoms with Crippen molar-refractivity contribution >= 4 is 28.4 Å². The molecule has 2 heterocycles. The summed E-state index contributed by atoms with van der Waals surface area (Å²) in [7, 11) is 2.01. The summed E-state index contributed by atoms with van der Waals surface area (Å²) in [6.07, 6.45) is 2.94. The minimum atomic E-state index is 0.644. The molecule has 0 unspecified atom stereocenters. The SMILES string of the molecule is Cn1c(CCN)cn2c3ccc(Cl)cc3nc12. The summed E-state index contributed by atoms with van der Waals surface area (Å²) in [5, 5.41) is 0.711. The molecule has 0 spiro atoms. The molecule has 1 aromatic carbocycles. The average Bonchev–Trinajstić information content (AvgIpc) is 2.78. The summed E-state index contributed by atoms with van der Waals surface area (Å²) in [5.74, 6) is 0.922. The van der Waals surface area contributed by atoms with Gasteiger partial charge in [0.25, 0.3) is 0 Å². The van der Waals surface area contributed by atoms with Crippen LogP contribution in [0.5, 0.6) is 0 Å². The molecule has 0 radical (unpaired) electrons. The molecule has 0 amide bonds. The Kier molecular flexibility index (Phi) is 2.34. The van der Waals surface area contributed by atoms with Crippen LogP contribution in [0, 0.1) is 0 Å². The third-order valence-corrected chi connectivity index (χ3v) is 3.28. The molecular formula is C12H13ClN4. The topological polar surface area (TPSA) is 48.2 Å². The molecule has 5 heteroatoms. The van der Waals surface area contributed by atoms with Crippen LogP contribution in [-0.4, -0.2) is 20.5 Å². The van der Waals surface area contributed by atoms with Crippen molar-refractivity contribution in [3.63, 3.8) is 0 Å². The van der Waals surface area contributed by atoms with Crippen LogP contribution >= 0.6 is 11.6 Å². The standard InChI is InChI=1S/C12H13ClN4/c1-16-9(4-5-14)7-17-11-3-2-8(13)6-10(11)15-12(16)17/h2-3,6-7H,4-5,14H2,1H3. The first-order valence-corrected chi connectivity index (χ1v) is 5.90. The van der Waals surface area contributed by atoms with E-state index >= 15 is 0 Å². The Morgan fingerprint density at radius 3 is 3.00 bits per heavy atom. The number of nitrogens with two attached hydrogens (primary N) is 1. The highest BCUT2D eigenvalue weighted by molar-refractivity contribution is 6.31. The van der Waals surface area contributed by atoms with Crippen molar-refractivity contribution in [2.75, 3.05) is 6.54 Å². The highest BCUT2D eigenvalue weighted by Crippen LogP contribution is 2.22. The molecule has 0 saturated carbocycles. The first kappa shape index (κ1) is 10.6. The zero-order valence-corrected chi connectivity index (χ0v) is 10.3. The number of rotatable bonds is 2. The van der Waals surface area contributed by atoms with E-state index in [0.717, 1.165) is 23.2 Å². The monoisotopic (exact) mass is 248 g/mol. The third-order valence-electron chi connectivity index (χ3n) is 3.04. The second-order valence-corrected chi connectivity index (χ2v) is 4.57. The maximum atomic E-state index is 5.96. The quantitative estimate of drug-likeness (QED) is 0.754. The Morgan fingerprint density at radius 1 is 1.41 bits per heavy atom. The molecule has 2 N–H and O–H groups in total. The van der Waals surface area contributed by atoms with E-state index in [1.54, 1.807) is 0 Å². The van der Waals surface area contributed by atoms with Crippen LogP contribution in [0.4, 0.5) is 0 Å². The van der Waals surface area contributed by atoms with Gasteiger partial charge in [-0.3, -0.25) is 4.40 Å². The van der Waals surface area contributed by atoms with Crippen LogP contribution in [0.25, 0.3) is 16.8 Å². The van der Waals surface area contributed by atoms with Crippen LogP contribution in [-0.2, 0) is 13.5 Å². The Morgan fingerprint density at radius 2 is 2.24 bits per heavy atom. The van der Waals surface area contributed by atoms with Crippen LogP contribution < -0.4 is 5.73 Å². The number of nitrogens with zero attached hydrogens (tertiary/aromatic N) is 3. The van der Waals surface area contributed by atoms with Crippen molar-refractivity contribution in [3.8, 4) is 0 Å². The number of hydrogen-bond acceptors (Lipinski definition) is 2. The smallest absolute Gasteiger partial charge is 0.214 e. The molecule has 0 saturated heterocycles. The van der Waals surface area contributed by atoms with Gasteiger partial charge in [-0.2, -0.15) is 0 Å². The summed E-state index contributed by atoms with van der Waals surface area (Å²) in [6, 6.07) is 5.75. The molecule has 0 bridgehead atoms. The number of fused-ring (bicyclic) bond motifs is 3. The van der Waals surface area contributed by atoms with E-state index < -0.39 is 0 Å². The second kappa shape index (κ2) is 3.75. The lowest BCUT2D eigenvalue weighted by molar-refractivity contribution is 0.820.